The lowest BCUT2D eigenvalue weighted by Gasteiger charge is -2.16. The molecule has 0 aliphatic carbocycles. The fourth-order valence-electron chi connectivity index (χ4n) is 3.69. The fraction of sp³-hybridized carbons (Fsp3) is 0.185. The molecule has 0 aromatic heterocycles. The Bertz CT molecular complexity index is 1260. The van der Waals surface area contributed by atoms with E-state index in [0.717, 1.165) is 21.9 Å². The number of anilines is 2. The number of aliphatic imine (C=N–C) groups is 1. The van der Waals surface area contributed by atoms with Gasteiger partial charge >= 0.3 is 5.97 Å². The Morgan fingerprint density at radius 2 is 1.75 bits per heavy atom. The number of thioether (sulfide) groups is 1. The molecule has 2 N–H and O–H groups in total. The smallest absolute Gasteiger partial charge is 0.335 e. The van der Waals surface area contributed by atoms with Crippen molar-refractivity contribution >= 4 is 46.1 Å². The molecule has 9 heteroatoms. The number of hydrogen-bond donors (Lipinski definition) is 2. The summed E-state index contributed by atoms with van der Waals surface area (Å²) in [5.41, 5.74) is 2.37. The van der Waals surface area contributed by atoms with Crippen LogP contribution in [-0.2, 0) is 16.0 Å². The Kier molecular flexibility index (Phi) is 8.02. The average Bonchev–Trinajstić information content (AvgIpc) is 3.17. The number of amidine groups is 1. The van der Waals surface area contributed by atoms with Gasteiger partial charge in [-0.05, 0) is 60.5 Å². The molecule has 0 saturated carbocycles. The molecule has 1 atom stereocenters. The van der Waals surface area contributed by atoms with Crippen LogP contribution >= 0.6 is 11.8 Å². The van der Waals surface area contributed by atoms with Gasteiger partial charge in [-0.2, -0.15) is 0 Å². The molecular weight excluding hydrogens is 478 g/mol. The summed E-state index contributed by atoms with van der Waals surface area (Å²) in [5.74, 6) is -0.976. The Morgan fingerprint density at radius 1 is 1.06 bits per heavy atom. The number of amides is 2. The molecule has 36 heavy (non-hydrogen) atoms. The summed E-state index contributed by atoms with van der Waals surface area (Å²) in [4.78, 5) is 42.8. The zero-order valence-corrected chi connectivity index (χ0v) is 20.4. The van der Waals surface area contributed by atoms with E-state index in [2.05, 4.69) is 5.32 Å². The SMILES string of the molecule is COc1ccc(CCN=C(Nc2ccccc2)SC2CC(=O)N(c3ccc(C(=O)O)cc3)C2=O)cc1. The van der Waals surface area contributed by atoms with E-state index in [4.69, 9.17) is 14.8 Å². The fourth-order valence-corrected chi connectivity index (χ4v) is 4.73. The maximum atomic E-state index is 13.2. The summed E-state index contributed by atoms with van der Waals surface area (Å²) in [6.45, 7) is 0.490. The van der Waals surface area contributed by atoms with E-state index in [9.17, 15) is 14.4 Å². The Labute approximate surface area is 213 Å². The van der Waals surface area contributed by atoms with Crippen molar-refractivity contribution < 1.29 is 24.2 Å². The van der Waals surface area contributed by atoms with Crippen LogP contribution in [0.3, 0.4) is 0 Å². The van der Waals surface area contributed by atoms with Gasteiger partial charge in [0.2, 0.25) is 11.8 Å². The van der Waals surface area contributed by atoms with Crippen LogP contribution in [-0.4, -0.2) is 47.0 Å². The van der Waals surface area contributed by atoms with Gasteiger partial charge in [-0.25, -0.2) is 9.69 Å². The number of nitrogens with zero attached hydrogens (tertiary/aromatic N) is 2. The number of carboxylic acids is 1. The molecule has 4 rings (SSSR count). The van der Waals surface area contributed by atoms with E-state index >= 15 is 0 Å². The quantitative estimate of drug-likeness (QED) is 0.265. The highest BCUT2D eigenvalue weighted by Crippen LogP contribution is 2.31. The van der Waals surface area contributed by atoms with Gasteiger partial charge in [0.15, 0.2) is 5.17 Å². The van der Waals surface area contributed by atoms with Crippen LogP contribution < -0.4 is 15.0 Å². The average molecular weight is 504 g/mol. The molecule has 184 valence electrons. The third kappa shape index (κ3) is 6.11. The zero-order valence-electron chi connectivity index (χ0n) is 19.6. The van der Waals surface area contributed by atoms with Gasteiger partial charge in [0, 0.05) is 18.7 Å². The number of rotatable bonds is 8. The first-order chi connectivity index (χ1) is 17.4. The molecule has 2 amide bonds. The first-order valence-corrected chi connectivity index (χ1v) is 12.2. The minimum absolute atomic E-state index is 0.0259. The lowest BCUT2D eigenvalue weighted by molar-refractivity contribution is -0.121. The van der Waals surface area contributed by atoms with Gasteiger partial charge in [0.05, 0.1) is 18.4 Å². The molecule has 3 aromatic rings. The van der Waals surface area contributed by atoms with Gasteiger partial charge in [0.25, 0.3) is 0 Å². The maximum Gasteiger partial charge on any atom is 0.335 e. The number of imide groups is 1. The molecule has 0 spiro atoms. The molecule has 1 aliphatic rings. The van der Waals surface area contributed by atoms with Crippen LogP contribution in [0.1, 0.15) is 22.3 Å². The molecule has 8 nitrogen and oxygen atoms in total. The van der Waals surface area contributed by atoms with E-state index in [1.165, 1.54) is 36.0 Å². The van der Waals surface area contributed by atoms with Crippen LogP contribution in [0.25, 0.3) is 0 Å². The van der Waals surface area contributed by atoms with Crippen molar-refractivity contribution in [1.82, 2.24) is 0 Å². The Balaban J connectivity index is 1.48. The number of ether oxygens (including phenoxy) is 1. The summed E-state index contributed by atoms with van der Waals surface area (Å²) in [6, 6.07) is 23.0. The zero-order chi connectivity index (χ0) is 25.5. The van der Waals surface area contributed by atoms with Crippen LogP contribution in [0, 0.1) is 0 Å². The summed E-state index contributed by atoms with van der Waals surface area (Å²) < 4.78 is 5.20. The van der Waals surface area contributed by atoms with Crippen molar-refractivity contribution in [2.24, 2.45) is 4.99 Å². The van der Waals surface area contributed by atoms with Crippen molar-refractivity contribution in [3.8, 4) is 5.75 Å². The highest BCUT2D eigenvalue weighted by atomic mass is 32.2. The highest BCUT2D eigenvalue weighted by molar-refractivity contribution is 8.15. The predicted molar refractivity (Wildman–Crippen MR) is 141 cm³/mol. The molecule has 1 aliphatic heterocycles. The monoisotopic (exact) mass is 503 g/mol. The minimum Gasteiger partial charge on any atom is -0.497 e. The van der Waals surface area contributed by atoms with Gasteiger partial charge in [-0.3, -0.25) is 14.6 Å². The predicted octanol–water partition coefficient (Wildman–Crippen LogP) is 4.47. The molecule has 1 fully saturated rings. The van der Waals surface area contributed by atoms with Crippen LogP contribution in [0.15, 0.2) is 83.9 Å². The molecular formula is C27H25N3O5S. The number of aromatic carboxylic acids is 1. The van der Waals surface area contributed by atoms with Crippen molar-refractivity contribution in [3.05, 3.63) is 90.0 Å². The van der Waals surface area contributed by atoms with Gasteiger partial charge in [0.1, 0.15) is 11.0 Å². The van der Waals surface area contributed by atoms with Crippen LogP contribution in [0.4, 0.5) is 11.4 Å². The van der Waals surface area contributed by atoms with Crippen molar-refractivity contribution in [3.63, 3.8) is 0 Å². The van der Waals surface area contributed by atoms with Crippen molar-refractivity contribution in [2.75, 3.05) is 23.9 Å². The highest BCUT2D eigenvalue weighted by Gasteiger charge is 2.40. The second-order valence-corrected chi connectivity index (χ2v) is 9.20. The lowest BCUT2D eigenvalue weighted by atomic mass is 10.1. The van der Waals surface area contributed by atoms with E-state index in [1.807, 2.05) is 54.6 Å². The molecule has 0 bridgehead atoms. The standard InChI is InChI=1S/C27H25N3O5S/c1-35-22-13-7-18(8-14-22)15-16-28-27(29-20-5-3-2-4-6-20)36-23-17-24(31)30(25(23)32)21-11-9-19(10-12-21)26(33)34/h2-14,23H,15-17H2,1H3,(H,28,29)(H,33,34). The first kappa shape index (κ1) is 25.0. The number of carboxylic acid groups (broad SMARTS) is 1. The molecule has 1 heterocycles. The summed E-state index contributed by atoms with van der Waals surface area (Å²) in [7, 11) is 1.62. The minimum atomic E-state index is -1.07. The number of para-hydroxylation sites is 1. The molecule has 3 aromatic carbocycles. The van der Waals surface area contributed by atoms with E-state index < -0.39 is 11.2 Å². The number of hydrogen-bond acceptors (Lipinski definition) is 6. The van der Waals surface area contributed by atoms with Crippen LogP contribution in [0.5, 0.6) is 5.75 Å². The van der Waals surface area contributed by atoms with Crippen LogP contribution in [0.2, 0.25) is 0 Å². The molecule has 0 radical (unpaired) electrons. The third-order valence-electron chi connectivity index (χ3n) is 5.57. The topological polar surface area (TPSA) is 108 Å². The van der Waals surface area contributed by atoms with E-state index in [1.54, 1.807) is 7.11 Å². The number of carbonyl (C=O) groups excluding carboxylic acids is 2. The van der Waals surface area contributed by atoms with E-state index in [0.29, 0.717) is 23.8 Å². The summed E-state index contributed by atoms with van der Waals surface area (Å²) in [6.07, 6.45) is 0.724. The number of methoxy groups -OCH3 is 1. The lowest BCUT2D eigenvalue weighted by Crippen LogP contribution is -2.31. The normalized spacial score (nSPS) is 15.8. The van der Waals surface area contributed by atoms with E-state index in [-0.39, 0.29) is 23.8 Å². The maximum absolute atomic E-state index is 13.2. The molecule has 1 unspecified atom stereocenters. The van der Waals surface area contributed by atoms with Gasteiger partial charge < -0.3 is 15.2 Å². The number of nitrogens with one attached hydrogen (secondary N) is 1. The number of benzene rings is 3. The van der Waals surface area contributed by atoms with Crippen molar-refractivity contribution in [2.45, 2.75) is 18.1 Å². The number of carbonyl (C=O) groups is 3. The second-order valence-electron chi connectivity index (χ2n) is 8.01. The largest absolute Gasteiger partial charge is 0.497 e. The first-order valence-electron chi connectivity index (χ1n) is 11.3. The molecule has 1 saturated heterocycles. The third-order valence-corrected chi connectivity index (χ3v) is 6.68. The summed E-state index contributed by atoms with van der Waals surface area (Å²) >= 11 is 1.22. The van der Waals surface area contributed by atoms with Gasteiger partial charge in [-0.15, -0.1) is 0 Å². The summed E-state index contributed by atoms with van der Waals surface area (Å²) in [5, 5.41) is 12.3. The Morgan fingerprint density at radius 3 is 2.39 bits per heavy atom. The van der Waals surface area contributed by atoms with Crippen molar-refractivity contribution in [1.29, 1.82) is 0 Å². The second kappa shape index (κ2) is 11.5. The van der Waals surface area contributed by atoms with Gasteiger partial charge in [-0.1, -0.05) is 42.1 Å². The Hall–Kier alpha value is -4.11.